The first-order valence-electron chi connectivity index (χ1n) is 18.6. The van der Waals surface area contributed by atoms with Crippen LogP contribution in [0.2, 0.25) is 0 Å². The minimum absolute atomic E-state index is 0.251. The third kappa shape index (κ3) is 4.84. The van der Waals surface area contributed by atoms with Gasteiger partial charge in [-0.15, -0.1) is 0 Å². The summed E-state index contributed by atoms with van der Waals surface area (Å²) in [4.78, 5) is 13.0. The largest absolute Gasteiger partial charge is 0.333 e. The summed E-state index contributed by atoms with van der Waals surface area (Å²) in [6, 6.07) is 61.0. The van der Waals surface area contributed by atoms with E-state index in [-0.39, 0.29) is 6.04 Å². The maximum atomic E-state index is 5.26. The van der Waals surface area contributed by atoms with Crippen molar-refractivity contribution in [2.75, 3.05) is 4.90 Å². The van der Waals surface area contributed by atoms with Gasteiger partial charge < -0.3 is 9.47 Å². The van der Waals surface area contributed by atoms with Crippen LogP contribution in [0.3, 0.4) is 0 Å². The summed E-state index contributed by atoms with van der Waals surface area (Å²) in [5.74, 6) is 1.05. The molecule has 0 N–H and O–H groups in total. The Bertz CT molecular complexity index is 2890. The summed E-state index contributed by atoms with van der Waals surface area (Å²) in [6.45, 7) is 0. The fraction of sp³-hybridized carbons (Fsp3) is 0.0400. The molecule has 2 atom stereocenters. The molecular weight excluding hydrogens is 657 g/mol. The number of para-hydroxylation sites is 3. The number of aromatic nitrogens is 3. The van der Waals surface area contributed by atoms with Crippen molar-refractivity contribution in [1.82, 2.24) is 14.5 Å². The number of rotatable bonds is 5. The van der Waals surface area contributed by atoms with Crippen molar-refractivity contribution in [1.29, 1.82) is 0 Å². The summed E-state index contributed by atoms with van der Waals surface area (Å²) in [5, 5.41) is 4.87. The number of hydrogen-bond acceptors (Lipinski definition) is 3. The van der Waals surface area contributed by atoms with Crippen molar-refractivity contribution in [3.05, 3.63) is 200 Å². The van der Waals surface area contributed by atoms with Crippen molar-refractivity contribution in [2.45, 2.75) is 12.0 Å². The van der Waals surface area contributed by atoms with Crippen LogP contribution in [0, 0.1) is 0 Å². The van der Waals surface area contributed by atoms with Gasteiger partial charge >= 0.3 is 0 Å². The Morgan fingerprint density at radius 3 is 1.87 bits per heavy atom. The van der Waals surface area contributed by atoms with Gasteiger partial charge in [0.1, 0.15) is 0 Å². The maximum absolute atomic E-state index is 5.26. The molecule has 1 aliphatic carbocycles. The van der Waals surface area contributed by atoms with E-state index in [0.717, 1.165) is 39.5 Å². The summed E-state index contributed by atoms with van der Waals surface area (Å²) in [5.41, 5.74) is 12.2. The Labute approximate surface area is 313 Å². The predicted octanol–water partition coefficient (Wildman–Crippen LogP) is 12.5. The molecule has 4 nitrogen and oxygen atoms in total. The Balaban J connectivity index is 1.02. The lowest BCUT2D eigenvalue weighted by atomic mass is 9.91. The summed E-state index contributed by atoms with van der Waals surface area (Å²) in [7, 11) is 0. The minimum Gasteiger partial charge on any atom is -0.333 e. The van der Waals surface area contributed by atoms with Gasteiger partial charge in [-0.3, -0.25) is 0 Å². The highest BCUT2D eigenvalue weighted by Crippen LogP contribution is 2.47. The molecule has 2 unspecified atom stereocenters. The van der Waals surface area contributed by atoms with Crippen LogP contribution in [-0.2, 0) is 0 Å². The van der Waals surface area contributed by atoms with Crippen LogP contribution in [0.4, 0.5) is 11.4 Å². The standard InChI is InChI=1S/C50H34N4/c1-2-14-38-33(12-1)13-11-19-39(38)45-32-44(34-24-28-36(29-25-34)53-46-20-7-3-15-40(46)41-16-4-8-21-47(41)53)51-50(52-45)35-26-30-37(31-27-35)54-48-22-9-5-17-42(48)43-18-6-10-23-49(43)54/h1-32,42,48H. The van der Waals surface area contributed by atoms with E-state index in [2.05, 4.69) is 204 Å². The first-order chi connectivity index (χ1) is 26.8. The van der Waals surface area contributed by atoms with Crippen LogP contribution in [0.15, 0.2) is 194 Å². The van der Waals surface area contributed by atoms with Crippen molar-refractivity contribution < 1.29 is 0 Å². The number of benzene rings is 7. The van der Waals surface area contributed by atoms with Gasteiger partial charge in [0.15, 0.2) is 5.82 Å². The zero-order chi connectivity index (χ0) is 35.6. The first kappa shape index (κ1) is 30.6. The lowest BCUT2D eigenvalue weighted by molar-refractivity contribution is 0.745. The van der Waals surface area contributed by atoms with E-state index in [4.69, 9.17) is 9.97 Å². The maximum Gasteiger partial charge on any atom is 0.160 e. The zero-order valence-electron chi connectivity index (χ0n) is 29.4. The molecule has 4 heteroatoms. The Morgan fingerprint density at radius 2 is 1.07 bits per heavy atom. The predicted molar refractivity (Wildman–Crippen MR) is 224 cm³/mol. The van der Waals surface area contributed by atoms with E-state index in [9.17, 15) is 0 Å². The highest BCUT2D eigenvalue weighted by molar-refractivity contribution is 6.09. The first-order valence-corrected chi connectivity index (χ1v) is 18.6. The molecule has 54 heavy (non-hydrogen) atoms. The van der Waals surface area contributed by atoms with Gasteiger partial charge in [-0.25, -0.2) is 9.97 Å². The van der Waals surface area contributed by atoms with Crippen LogP contribution in [-0.4, -0.2) is 20.6 Å². The molecule has 0 fully saturated rings. The number of anilines is 2. The van der Waals surface area contributed by atoms with Gasteiger partial charge in [0.2, 0.25) is 0 Å². The van der Waals surface area contributed by atoms with Gasteiger partial charge in [0.05, 0.1) is 28.5 Å². The van der Waals surface area contributed by atoms with Crippen LogP contribution >= 0.6 is 0 Å². The number of hydrogen-bond donors (Lipinski definition) is 0. The van der Waals surface area contributed by atoms with E-state index in [1.165, 1.54) is 43.8 Å². The summed E-state index contributed by atoms with van der Waals surface area (Å²) >= 11 is 0. The van der Waals surface area contributed by atoms with Gasteiger partial charge in [-0.2, -0.15) is 0 Å². The van der Waals surface area contributed by atoms with Crippen molar-refractivity contribution in [3.63, 3.8) is 0 Å². The molecule has 0 spiro atoms. The second-order valence-corrected chi connectivity index (χ2v) is 14.2. The Hall–Kier alpha value is -7.04. The fourth-order valence-corrected chi connectivity index (χ4v) is 8.65. The normalized spacial score (nSPS) is 16.0. The Morgan fingerprint density at radius 1 is 0.463 bits per heavy atom. The van der Waals surface area contributed by atoms with Crippen molar-refractivity contribution in [3.8, 4) is 39.6 Å². The SMILES string of the molecule is C1=CC2c3ccccc3N(c3ccc(-c4nc(-c5ccc(-n6c7ccccc7c7ccccc76)cc5)cc(-c5cccc6ccccc56)n4)cc3)C2C=C1. The molecule has 9 aromatic rings. The molecule has 0 bridgehead atoms. The highest BCUT2D eigenvalue weighted by Gasteiger charge is 2.37. The van der Waals surface area contributed by atoms with Gasteiger partial charge in [0.25, 0.3) is 0 Å². The molecule has 0 radical (unpaired) electrons. The molecule has 254 valence electrons. The van der Waals surface area contributed by atoms with Gasteiger partial charge in [-0.1, -0.05) is 133 Å². The van der Waals surface area contributed by atoms with E-state index in [0.29, 0.717) is 11.7 Å². The topological polar surface area (TPSA) is 34.0 Å². The molecule has 1 aliphatic heterocycles. The lowest BCUT2D eigenvalue weighted by Crippen LogP contribution is -2.28. The molecule has 0 saturated carbocycles. The van der Waals surface area contributed by atoms with Crippen LogP contribution < -0.4 is 4.90 Å². The minimum atomic E-state index is 0.251. The third-order valence-corrected chi connectivity index (χ3v) is 11.2. The average Bonchev–Trinajstić information content (AvgIpc) is 3.77. The van der Waals surface area contributed by atoms with E-state index >= 15 is 0 Å². The average molecular weight is 691 g/mol. The van der Waals surface area contributed by atoms with Gasteiger partial charge in [-0.05, 0) is 77.0 Å². The molecule has 0 amide bonds. The fourth-order valence-electron chi connectivity index (χ4n) is 8.65. The Kier molecular flexibility index (Phi) is 6.96. The zero-order valence-corrected chi connectivity index (χ0v) is 29.4. The smallest absolute Gasteiger partial charge is 0.160 e. The van der Waals surface area contributed by atoms with Crippen LogP contribution in [0.25, 0.3) is 72.2 Å². The van der Waals surface area contributed by atoms with Crippen molar-refractivity contribution >= 4 is 44.0 Å². The van der Waals surface area contributed by atoms with Crippen molar-refractivity contribution in [2.24, 2.45) is 0 Å². The number of fused-ring (bicyclic) bond motifs is 7. The van der Waals surface area contributed by atoms with E-state index in [1.54, 1.807) is 0 Å². The molecule has 11 rings (SSSR count). The molecule has 2 aliphatic rings. The quantitative estimate of drug-likeness (QED) is 0.180. The molecule has 0 saturated heterocycles. The number of nitrogens with zero attached hydrogens (tertiary/aromatic N) is 4. The summed E-state index contributed by atoms with van der Waals surface area (Å²) < 4.78 is 2.35. The van der Waals surface area contributed by atoms with Gasteiger partial charge in [0, 0.05) is 50.4 Å². The van der Waals surface area contributed by atoms with E-state index in [1.807, 2.05) is 0 Å². The second-order valence-electron chi connectivity index (χ2n) is 14.2. The highest BCUT2D eigenvalue weighted by atomic mass is 15.2. The molecule has 2 aromatic heterocycles. The lowest BCUT2D eigenvalue weighted by Gasteiger charge is -2.28. The molecule has 3 heterocycles. The number of allylic oxidation sites excluding steroid dienone is 2. The monoisotopic (exact) mass is 690 g/mol. The van der Waals surface area contributed by atoms with E-state index < -0.39 is 0 Å². The van der Waals surface area contributed by atoms with Crippen LogP contribution in [0.5, 0.6) is 0 Å². The third-order valence-electron chi connectivity index (χ3n) is 11.2. The molecule has 7 aromatic carbocycles. The van der Waals surface area contributed by atoms with Crippen LogP contribution in [0.1, 0.15) is 11.5 Å². The molecular formula is C50H34N4. The second kappa shape index (κ2) is 12.3. The summed E-state index contributed by atoms with van der Waals surface area (Å²) in [6.07, 6.45) is 8.97.